The van der Waals surface area contributed by atoms with Gasteiger partial charge in [0.15, 0.2) is 0 Å². The van der Waals surface area contributed by atoms with Gasteiger partial charge in [-0.05, 0) is 73.2 Å². The largest absolute Gasteiger partial charge is 0.403 e. The van der Waals surface area contributed by atoms with Crippen LogP contribution < -0.4 is 5.32 Å². The second-order valence-electron chi connectivity index (χ2n) is 7.80. The molecule has 8 nitrogen and oxygen atoms in total. The Morgan fingerprint density at radius 2 is 1.97 bits per heavy atom. The Hall–Kier alpha value is -2.56. The summed E-state index contributed by atoms with van der Waals surface area (Å²) in [5, 5.41) is 12.3. The molecule has 1 aliphatic heterocycles. The summed E-state index contributed by atoms with van der Waals surface area (Å²) in [6.45, 7) is 0.308. The third-order valence-electron chi connectivity index (χ3n) is 5.81. The predicted octanol–water partition coefficient (Wildman–Crippen LogP) is 3.47. The molecule has 3 heterocycles. The number of sulfonamides is 1. The van der Waals surface area contributed by atoms with Gasteiger partial charge < -0.3 is 4.42 Å². The Labute approximate surface area is 184 Å². The van der Waals surface area contributed by atoms with Crippen LogP contribution in [0, 0.1) is 0 Å². The van der Waals surface area contributed by atoms with Gasteiger partial charge >= 0.3 is 6.01 Å². The smallest absolute Gasteiger partial charge is 0.322 e. The Morgan fingerprint density at radius 3 is 2.77 bits per heavy atom. The van der Waals surface area contributed by atoms with Crippen molar-refractivity contribution < 1.29 is 17.6 Å². The monoisotopic (exact) mass is 458 g/mol. The molecule has 31 heavy (non-hydrogen) atoms. The highest BCUT2D eigenvalue weighted by molar-refractivity contribution is 7.91. The molecular weight excluding hydrogens is 436 g/mol. The van der Waals surface area contributed by atoms with Crippen molar-refractivity contribution in [3.63, 3.8) is 0 Å². The van der Waals surface area contributed by atoms with Crippen LogP contribution in [0.15, 0.2) is 44.3 Å². The number of fused-ring (bicyclic) bond motifs is 1. The summed E-state index contributed by atoms with van der Waals surface area (Å²) in [5.74, 6) is -0.128. The van der Waals surface area contributed by atoms with Gasteiger partial charge in [0, 0.05) is 12.1 Å². The molecule has 10 heteroatoms. The maximum absolute atomic E-state index is 12.9. The number of aryl methyl sites for hydroxylation is 2. The van der Waals surface area contributed by atoms with Gasteiger partial charge in [-0.2, -0.15) is 4.31 Å². The number of hydrogen-bond acceptors (Lipinski definition) is 7. The van der Waals surface area contributed by atoms with E-state index in [2.05, 4.69) is 27.6 Å². The molecule has 1 aliphatic carbocycles. The van der Waals surface area contributed by atoms with E-state index in [1.54, 1.807) is 17.5 Å². The predicted molar refractivity (Wildman–Crippen MR) is 116 cm³/mol. The molecule has 0 spiro atoms. The first-order valence-electron chi connectivity index (χ1n) is 10.3. The van der Waals surface area contributed by atoms with Crippen molar-refractivity contribution in [2.45, 2.75) is 48.8 Å². The van der Waals surface area contributed by atoms with Crippen LogP contribution in [0.2, 0.25) is 0 Å². The number of aromatic nitrogens is 2. The lowest BCUT2D eigenvalue weighted by Crippen LogP contribution is -2.42. The lowest BCUT2D eigenvalue weighted by Gasteiger charge is -2.21. The number of rotatable bonds is 5. The molecule has 0 radical (unpaired) electrons. The quantitative estimate of drug-likeness (QED) is 0.628. The fraction of sp³-hybridized carbons (Fsp3) is 0.381. The molecule has 1 fully saturated rings. The Kier molecular flexibility index (Phi) is 5.37. The second-order valence-corrected chi connectivity index (χ2v) is 10.9. The van der Waals surface area contributed by atoms with Gasteiger partial charge in [-0.1, -0.05) is 17.2 Å². The summed E-state index contributed by atoms with van der Waals surface area (Å²) in [4.78, 5) is 12.8. The van der Waals surface area contributed by atoms with Gasteiger partial charge in [-0.15, -0.1) is 16.4 Å². The van der Waals surface area contributed by atoms with Crippen molar-refractivity contribution in [1.29, 1.82) is 0 Å². The van der Waals surface area contributed by atoms with Gasteiger partial charge in [-0.25, -0.2) is 8.42 Å². The molecule has 1 aromatic carbocycles. The molecule has 162 valence electrons. The van der Waals surface area contributed by atoms with Gasteiger partial charge in [0.25, 0.3) is 10.0 Å². The fourth-order valence-electron chi connectivity index (χ4n) is 4.26. The van der Waals surface area contributed by atoms with Crippen LogP contribution in [0.25, 0.3) is 11.5 Å². The molecule has 1 atom stereocenters. The van der Waals surface area contributed by atoms with Crippen LogP contribution >= 0.6 is 11.3 Å². The molecule has 2 aromatic heterocycles. The van der Waals surface area contributed by atoms with Crippen LogP contribution in [0.5, 0.6) is 0 Å². The van der Waals surface area contributed by atoms with Crippen molar-refractivity contribution in [1.82, 2.24) is 14.5 Å². The third-order valence-corrected chi connectivity index (χ3v) is 9.10. The summed E-state index contributed by atoms with van der Waals surface area (Å²) in [6.07, 6.45) is 5.58. The summed E-state index contributed by atoms with van der Waals surface area (Å²) in [7, 11) is -3.70. The van der Waals surface area contributed by atoms with Crippen LogP contribution in [-0.4, -0.2) is 41.4 Å². The summed E-state index contributed by atoms with van der Waals surface area (Å²) < 4.78 is 32.9. The van der Waals surface area contributed by atoms with Crippen molar-refractivity contribution in [3.05, 3.63) is 46.8 Å². The molecule has 3 aromatic rings. The number of hydrogen-bond donors (Lipinski definition) is 1. The van der Waals surface area contributed by atoms with Crippen molar-refractivity contribution in [2.24, 2.45) is 0 Å². The SMILES string of the molecule is O=C(Nc1nnc(-c2ccc3c(c2)CCCC3)o1)[C@@H]1CCCN1S(=O)(=O)c1cccs1. The molecule has 0 bridgehead atoms. The maximum atomic E-state index is 12.9. The number of carbonyl (C=O) groups is 1. The maximum Gasteiger partial charge on any atom is 0.322 e. The summed E-state index contributed by atoms with van der Waals surface area (Å²) in [5.41, 5.74) is 3.47. The number of anilines is 1. The van der Waals surface area contributed by atoms with E-state index in [-0.39, 0.29) is 10.2 Å². The minimum atomic E-state index is -3.70. The third kappa shape index (κ3) is 3.90. The molecule has 1 N–H and O–H groups in total. The van der Waals surface area contributed by atoms with Gasteiger partial charge in [0.1, 0.15) is 10.3 Å². The van der Waals surface area contributed by atoms with E-state index in [1.807, 2.05) is 6.07 Å². The van der Waals surface area contributed by atoms with E-state index in [9.17, 15) is 13.2 Å². The average Bonchev–Trinajstić information content (AvgIpc) is 3.55. The van der Waals surface area contributed by atoms with Crippen LogP contribution in [0.1, 0.15) is 36.8 Å². The van der Waals surface area contributed by atoms with Gasteiger partial charge in [0.2, 0.25) is 11.8 Å². The number of thiophene rings is 1. The first kappa shape index (κ1) is 20.3. The summed E-state index contributed by atoms with van der Waals surface area (Å²) >= 11 is 1.14. The molecule has 1 amide bonds. The Balaban J connectivity index is 1.32. The highest BCUT2D eigenvalue weighted by Gasteiger charge is 2.40. The Bertz CT molecular complexity index is 1200. The molecule has 0 unspecified atom stereocenters. The first-order valence-corrected chi connectivity index (χ1v) is 12.7. The zero-order valence-corrected chi connectivity index (χ0v) is 18.4. The normalized spacial score (nSPS) is 19.3. The van der Waals surface area contributed by atoms with E-state index < -0.39 is 22.0 Å². The van der Waals surface area contributed by atoms with Crippen LogP contribution in [0.3, 0.4) is 0 Å². The van der Waals surface area contributed by atoms with E-state index >= 15 is 0 Å². The zero-order chi connectivity index (χ0) is 21.4. The highest BCUT2D eigenvalue weighted by atomic mass is 32.2. The van der Waals surface area contributed by atoms with Crippen LogP contribution in [0.4, 0.5) is 6.01 Å². The van der Waals surface area contributed by atoms with Crippen molar-refractivity contribution in [2.75, 3.05) is 11.9 Å². The zero-order valence-electron chi connectivity index (χ0n) is 16.8. The molecular formula is C21H22N4O4S2. The minimum absolute atomic E-state index is 0.0295. The molecule has 2 aliphatic rings. The number of amides is 1. The fourth-order valence-corrected chi connectivity index (χ4v) is 7.04. The van der Waals surface area contributed by atoms with Gasteiger partial charge in [0.05, 0.1) is 0 Å². The Morgan fingerprint density at radius 1 is 1.13 bits per heavy atom. The molecule has 5 rings (SSSR count). The molecule has 1 saturated heterocycles. The van der Waals surface area contributed by atoms with Crippen molar-refractivity contribution >= 4 is 33.3 Å². The van der Waals surface area contributed by atoms with E-state index in [1.165, 1.54) is 28.3 Å². The number of nitrogens with one attached hydrogen (secondary N) is 1. The highest BCUT2D eigenvalue weighted by Crippen LogP contribution is 2.30. The van der Waals surface area contributed by atoms with E-state index in [0.717, 1.165) is 29.7 Å². The topological polar surface area (TPSA) is 105 Å². The average molecular weight is 459 g/mol. The van der Waals surface area contributed by atoms with Crippen LogP contribution in [-0.2, 0) is 27.7 Å². The number of carbonyl (C=O) groups excluding carboxylic acids is 1. The van der Waals surface area contributed by atoms with Gasteiger partial charge in [-0.3, -0.25) is 10.1 Å². The lowest BCUT2D eigenvalue weighted by atomic mass is 9.90. The number of benzene rings is 1. The second kappa shape index (κ2) is 8.18. The number of nitrogens with zero attached hydrogens (tertiary/aromatic N) is 3. The standard InChI is InChI=1S/C21H22N4O4S2/c26-19(17-7-3-11-25(17)31(27,28)18-8-4-12-30-18)22-21-24-23-20(29-21)16-10-9-14-5-1-2-6-15(14)13-16/h4,8-10,12-13,17H,1-3,5-7,11H2,(H,22,24,26)/t17-/m0/s1. The van der Waals surface area contributed by atoms with E-state index in [4.69, 9.17) is 4.42 Å². The summed E-state index contributed by atoms with van der Waals surface area (Å²) in [6, 6.07) is 8.52. The first-order chi connectivity index (χ1) is 15.0. The van der Waals surface area contributed by atoms with Crippen molar-refractivity contribution in [3.8, 4) is 11.5 Å². The van der Waals surface area contributed by atoms with E-state index in [0.29, 0.717) is 25.3 Å². The minimum Gasteiger partial charge on any atom is -0.403 e. The molecule has 0 saturated carbocycles. The lowest BCUT2D eigenvalue weighted by molar-refractivity contribution is -0.119.